The number of hydrogen-bond acceptors (Lipinski definition) is 3. The molecule has 2 aromatic rings. The Labute approximate surface area is 200 Å². The summed E-state index contributed by atoms with van der Waals surface area (Å²) in [6.07, 6.45) is 13.6. The van der Waals surface area contributed by atoms with Gasteiger partial charge in [0, 0.05) is 6.04 Å². The van der Waals surface area contributed by atoms with Crippen LogP contribution in [0, 0.1) is 5.82 Å². The molecule has 0 N–H and O–H groups in total. The summed E-state index contributed by atoms with van der Waals surface area (Å²) in [5, 5.41) is 0. The Bertz CT molecular complexity index is 869. The van der Waals surface area contributed by atoms with Gasteiger partial charge in [0.1, 0.15) is 5.82 Å². The van der Waals surface area contributed by atoms with Gasteiger partial charge in [-0.3, -0.25) is 0 Å². The van der Waals surface area contributed by atoms with Crippen molar-refractivity contribution in [2.24, 2.45) is 0 Å². The Morgan fingerprint density at radius 3 is 2.12 bits per heavy atom. The van der Waals surface area contributed by atoms with Crippen molar-refractivity contribution >= 4 is 5.69 Å². The van der Waals surface area contributed by atoms with Crippen LogP contribution in [0.25, 0.3) is 0 Å². The van der Waals surface area contributed by atoms with Gasteiger partial charge in [-0.2, -0.15) is 0 Å². The zero-order valence-corrected chi connectivity index (χ0v) is 21.0. The lowest BCUT2D eigenvalue weighted by Crippen LogP contribution is -2.43. The summed E-state index contributed by atoms with van der Waals surface area (Å²) >= 11 is 0. The molecular formula is C29H42FNO2. The molecular weight excluding hydrogens is 413 g/mol. The van der Waals surface area contributed by atoms with Crippen molar-refractivity contribution < 1.29 is 13.9 Å². The standard InChI is InChI=1S/C29H42FNO2/c1-5-6-7-8-9-10-11-12-13-17-26-24-21-29(33-4)28(32-3)20-23(24)19-22(2)31(26)27-18-15-14-16-25(27)30/h14-16,18,20-22,26H,5-13,17,19H2,1-4H3. The van der Waals surface area contributed by atoms with Crippen molar-refractivity contribution in [3.05, 3.63) is 53.3 Å². The van der Waals surface area contributed by atoms with E-state index in [9.17, 15) is 4.39 Å². The molecule has 0 spiro atoms. The van der Waals surface area contributed by atoms with Gasteiger partial charge in [0.05, 0.1) is 25.9 Å². The molecule has 0 amide bonds. The number of anilines is 1. The third-order valence-corrected chi connectivity index (χ3v) is 7.04. The van der Waals surface area contributed by atoms with Gasteiger partial charge in [-0.25, -0.2) is 4.39 Å². The minimum atomic E-state index is -0.148. The van der Waals surface area contributed by atoms with Crippen molar-refractivity contribution in [1.82, 2.24) is 0 Å². The highest BCUT2D eigenvalue weighted by Crippen LogP contribution is 2.44. The molecule has 2 unspecified atom stereocenters. The van der Waals surface area contributed by atoms with E-state index < -0.39 is 0 Å². The van der Waals surface area contributed by atoms with Crippen LogP contribution in [0.4, 0.5) is 10.1 Å². The first-order chi connectivity index (χ1) is 16.1. The van der Waals surface area contributed by atoms with Crippen LogP contribution in [0.2, 0.25) is 0 Å². The van der Waals surface area contributed by atoms with E-state index in [-0.39, 0.29) is 17.9 Å². The molecule has 0 bridgehead atoms. The molecule has 0 fully saturated rings. The zero-order valence-electron chi connectivity index (χ0n) is 21.0. The lowest BCUT2D eigenvalue weighted by atomic mass is 9.85. The molecule has 1 aliphatic rings. The fourth-order valence-electron chi connectivity index (χ4n) is 5.31. The van der Waals surface area contributed by atoms with E-state index in [2.05, 4.69) is 30.9 Å². The van der Waals surface area contributed by atoms with Crippen LogP contribution in [0.5, 0.6) is 11.5 Å². The molecule has 4 heteroatoms. The highest BCUT2D eigenvalue weighted by Gasteiger charge is 2.34. The maximum atomic E-state index is 14.9. The van der Waals surface area contributed by atoms with Gasteiger partial charge in [0.25, 0.3) is 0 Å². The number of benzene rings is 2. The number of hydrogen-bond donors (Lipinski definition) is 0. The fourth-order valence-corrected chi connectivity index (χ4v) is 5.31. The number of nitrogens with zero attached hydrogens (tertiary/aromatic N) is 1. The molecule has 33 heavy (non-hydrogen) atoms. The Morgan fingerprint density at radius 1 is 0.879 bits per heavy atom. The monoisotopic (exact) mass is 455 g/mol. The summed E-state index contributed by atoms with van der Waals surface area (Å²) in [5.74, 6) is 1.37. The average Bonchev–Trinajstić information content (AvgIpc) is 2.82. The average molecular weight is 456 g/mol. The third-order valence-electron chi connectivity index (χ3n) is 7.04. The number of halogens is 1. The van der Waals surface area contributed by atoms with Crippen LogP contribution >= 0.6 is 0 Å². The zero-order chi connectivity index (χ0) is 23.6. The maximum Gasteiger partial charge on any atom is 0.161 e. The maximum absolute atomic E-state index is 14.9. The fraction of sp³-hybridized carbons (Fsp3) is 0.586. The van der Waals surface area contributed by atoms with Crippen molar-refractivity contribution in [3.8, 4) is 11.5 Å². The quantitative estimate of drug-likeness (QED) is 0.284. The van der Waals surface area contributed by atoms with E-state index >= 15 is 0 Å². The van der Waals surface area contributed by atoms with Crippen LogP contribution < -0.4 is 14.4 Å². The Balaban J connectivity index is 1.76. The molecule has 3 rings (SSSR count). The molecule has 0 aromatic heterocycles. The van der Waals surface area contributed by atoms with E-state index in [1.165, 1.54) is 62.5 Å². The molecule has 1 aliphatic heterocycles. The first-order valence-corrected chi connectivity index (χ1v) is 12.9. The van der Waals surface area contributed by atoms with E-state index in [4.69, 9.17) is 9.47 Å². The van der Waals surface area contributed by atoms with Crippen molar-refractivity contribution in [2.75, 3.05) is 19.1 Å². The molecule has 0 aliphatic carbocycles. The number of methoxy groups -OCH3 is 2. The molecule has 0 radical (unpaired) electrons. The smallest absolute Gasteiger partial charge is 0.161 e. The van der Waals surface area contributed by atoms with E-state index in [0.29, 0.717) is 5.69 Å². The van der Waals surface area contributed by atoms with Crippen molar-refractivity contribution in [3.63, 3.8) is 0 Å². The van der Waals surface area contributed by atoms with Crippen LogP contribution in [0.15, 0.2) is 36.4 Å². The Kier molecular flexibility index (Phi) is 9.90. The first kappa shape index (κ1) is 25.4. The molecule has 0 saturated heterocycles. The number of para-hydroxylation sites is 1. The second kappa shape index (κ2) is 12.9. The molecule has 1 heterocycles. The van der Waals surface area contributed by atoms with Crippen LogP contribution in [0.1, 0.15) is 95.2 Å². The predicted molar refractivity (Wildman–Crippen MR) is 136 cm³/mol. The van der Waals surface area contributed by atoms with Gasteiger partial charge in [-0.15, -0.1) is 0 Å². The summed E-state index contributed by atoms with van der Waals surface area (Å²) in [4.78, 5) is 2.30. The minimum absolute atomic E-state index is 0.130. The van der Waals surface area contributed by atoms with E-state index in [1.54, 1.807) is 26.4 Å². The van der Waals surface area contributed by atoms with Gasteiger partial charge in [-0.1, -0.05) is 76.8 Å². The summed E-state index contributed by atoms with van der Waals surface area (Å²) < 4.78 is 26.1. The van der Waals surface area contributed by atoms with Gasteiger partial charge in [0.15, 0.2) is 11.5 Å². The Morgan fingerprint density at radius 2 is 1.48 bits per heavy atom. The van der Waals surface area contributed by atoms with Crippen molar-refractivity contribution in [1.29, 1.82) is 0 Å². The van der Waals surface area contributed by atoms with E-state index in [0.717, 1.165) is 30.8 Å². The largest absolute Gasteiger partial charge is 0.493 e. The Hall–Kier alpha value is -2.23. The molecule has 0 saturated carbocycles. The van der Waals surface area contributed by atoms with E-state index in [1.807, 2.05) is 12.1 Å². The van der Waals surface area contributed by atoms with Gasteiger partial charge < -0.3 is 14.4 Å². The third kappa shape index (κ3) is 6.43. The normalized spacial score (nSPS) is 17.7. The summed E-state index contributed by atoms with van der Waals surface area (Å²) in [5.41, 5.74) is 3.23. The predicted octanol–water partition coefficient (Wildman–Crippen LogP) is 8.26. The number of unbranched alkanes of at least 4 members (excludes halogenated alkanes) is 8. The molecule has 3 nitrogen and oxygen atoms in total. The molecule has 2 atom stereocenters. The highest BCUT2D eigenvalue weighted by atomic mass is 19.1. The number of ether oxygens (including phenoxy) is 2. The summed E-state index contributed by atoms with van der Waals surface area (Å²) in [7, 11) is 3.36. The molecule has 2 aromatic carbocycles. The molecule has 182 valence electrons. The summed E-state index contributed by atoms with van der Waals surface area (Å²) in [6, 6.07) is 11.8. The van der Waals surface area contributed by atoms with Crippen molar-refractivity contribution in [2.45, 2.75) is 96.6 Å². The van der Waals surface area contributed by atoms with Gasteiger partial charge in [0.2, 0.25) is 0 Å². The second-order valence-electron chi connectivity index (χ2n) is 9.45. The van der Waals surface area contributed by atoms with Crippen LogP contribution in [-0.4, -0.2) is 20.3 Å². The topological polar surface area (TPSA) is 21.7 Å². The minimum Gasteiger partial charge on any atom is -0.493 e. The lowest BCUT2D eigenvalue weighted by molar-refractivity contribution is 0.351. The lowest BCUT2D eigenvalue weighted by Gasteiger charge is -2.44. The van der Waals surface area contributed by atoms with Gasteiger partial charge >= 0.3 is 0 Å². The highest BCUT2D eigenvalue weighted by molar-refractivity contribution is 5.57. The number of rotatable bonds is 13. The second-order valence-corrected chi connectivity index (χ2v) is 9.45. The van der Waals surface area contributed by atoms with Crippen LogP contribution in [0.3, 0.4) is 0 Å². The SMILES string of the molecule is CCCCCCCCCCCC1c2cc(OC)c(OC)cc2CC(C)N1c1ccccc1F. The summed E-state index contributed by atoms with van der Waals surface area (Å²) in [6.45, 7) is 4.47. The number of fused-ring (bicyclic) bond motifs is 1. The van der Waals surface area contributed by atoms with Gasteiger partial charge in [-0.05, 0) is 55.2 Å². The first-order valence-electron chi connectivity index (χ1n) is 12.9. The van der Waals surface area contributed by atoms with Crippen LogP contribution in [-0.2, 0) is 6.42 Å².